The molecule has 2 heteroatoms. The molecule has 0 saturated carbocycles. The van der Waals surface area contributed by atoms with Crippen LogP contribution in [0.1, 0.15) is 59.3 Å². The molecule has 0 amide bonds. The average molecular weight is 224 g/mol. The lowest BCUT2D eigenvalue weighted by atomic mass is 9.97. The number of carbonyl (C=O) groups is 1. The van der Waals surface area contributed by atoms with Crippen LogP contribution in [0.2, 0.25) is 0 Å². The lowest BCUT2D eigenvalue weighted by molar-refractivity contribution is -0.124. The van der Waals surface area contributed by atoms with Gasteiger partial charge in [0.25, 0.3) is 0 Å². The largest absolute Gasteiger partial charge is 0.368 e. The van der Waals surface area contributed by atoms with E-state index < -0.39 is 0 Å². The topological polar surface area (TPSA) is 26.3 Å². The quantitative estimate of drug-likeness (QED) is 0.731. The van der Waals surface area contributed by atoms with Crippen LogP contribution in [0.3, 0.4) is 0 Å². The van der Waals surface area contributed by atoms with Crippen LogP contribution in [0.4, 0.5) is 0 Å². The van der Waals surface area contributed by atoms with E-state index in [0.717, 1.165) is 24.8 Å². The van der Waals surface area contributed by atoms with E-state index in [1.54, 1.807) is 0 Å². The second-order valence-electron chi connectivity index (χ2n) is 5.51. The van der Waals surface area contributed by atoms with Crippen molar-refractivity contribution >= 4 is 5.78 Å². The Morgan fingerprint density at radius 2 is 1.94 bits per heavy atom. The van der Waals surface area contributed by atoms with E-state index in [2.05, 4.69) is 6.08 Å². The van der Waals surface area contributed by atoms with Crippen LogP contribution in [0.15, 0.2) is 11.6 Å². The lowest BCUT2D eigenvalue weighted by Gasteiger charge is -2.19. The summed E-state index contributed by atoms with van der Waals surface area (Å²) in [5, 5.41) is 0. The van der Waals surface area contributed by atoms with Crippen LogP contribution in [0.25, 0.3) is 0 Å². The zero-order chi connectivity index (χ0) is 12.0. The van der Waals surface area contributed by atoms with E-state index >= 15 is 0 Å². The van der Waals surface area contributed by atoms with Crippen molar-refractivity contribution in [2.24, 2.45) is 0 Å². The molecule has 0 fully saturated rings. The van der Waals surface area contributed by atoms with Gasteiger partial charge in [-0.25, -0.2) is 0 Å². The van der Waals surface area contributed by atoms with Crippen molar-refractivity contribution in [3.63, 3.8) is 0 Å². The first-order valence-electron chi connectivity index (χ1n) is 6.35. The van der Waals surface area contributed by atoms with Crippen LogP contribution in [0, 0.1) is 0 Å². The SMILES string of the molecule is CC(C)(C)OCC(=O)C1=CCCCCCC1. The van der Waals surface area contributed by atoms with Gasteiger partial charge in [0, 0.05) is 0 Å². The highest BCUT2D eigenvalue weighted by atomic mass is 16.5. The van der Waals surface area contributed by atoms with Gasteiger partial charge in [0.1, 0.15) is 6.61 Å². The maximum absolute atomic E-state index is 11.9. The van der Waals surface area contributed by atoms with Gasteiger partial charge in [-0.15, -0.1) is 0 Å². The number of hydrogen-bond donors (Lipinski definition) is 0. The van der Waals surface area contributed by atoms with Gasteiger partial charge in [-0.2, -0.15) is 0 Å². The van der Waals surface area contributed by atoms with Crippen LogP contribution >= 0.6 is 0 Å². The molecule has 0 spiro atoms. The Morgan fingerprint density at radius 3 is 2.62 bits per heavy atom. The van der Waals surface area contributed by atoms with Crippen LogP contribution in [0.5, 0.6) is 0 Å². The Hall–Kier alpha value is -0.630. The molecule has 1 rings (SSSR count). The molecule has 0 aromatic rings. The second-order valence-corrected chi connectivity index (χ2v) is 5.51. The summed E-state index contributed by atoms with van der Waals surface area (Å²) in [6.45, 7) is 6.17. The van der Waals surface area contributed by atoms with Gasteiger partial charge in [0.2, 0.25) is 0 Å². The van der Waals surface area contributed by atoms with E-state index in [1.807, 2.05) is 20.8 Å². The van der Waals surface area contributed by atoms with Crippen molar-refractivity contribution in [2.45, 2.75) is 64.9 Å². The van der Waals surface area contributed by atoms with Crippen LogP contribution in [-0.4, -0.2) is 18.0 Å². The Bertz CT molecular complexity index is 258. The molecule has 2 nitrogen and oxygen atoms in total. The van der Waals surface area contributed by atoms with Crippen molar-refractivity contribution in [1.82, 2.24) is 0 Å². The molecule has 0 unspecified atom stereocenters. The number of ether oxygens (including phenoxy) is 1. The van der Waals surface area contributed by atoms with Gasteiger partial charge >= 0.3 is 0 Å². The summed E-state index contributed by atoms with van der Waals surface area (Å²) in [5.41, 5.74) is 0.765. The zero-order valence-corrected chi connectivity index (χ0v) is 10.8. The number of rotatable bonds is 3. The van der Waals surface area contributed by atoms with Crippen LogP contribution in [-0.2, 0) is 9.53 Å². The number of allylic oxidation sites excluding steroid dienone is 1. The third-order valence-electron chi connectivity index (χ3n) is 2.79. The molecule has 0 N–H and O–H groups in total. The van der Waals surface area contributed by atoms with E-state index in [9.17, 15) is 4.79 Å². The van der Waals surface area contributed by atoms with Gasteiger partial charge in [-0.05, 0) is 52.0 Å². The molecule has 0 aliphatic heterocycles. The Balaban J connectivity index is 2.45. The van der Waals surface area contributed by atoms with Crippen molar-refractivity contribution in [1.29, 1.82) is 0 Å². The summed E-state index contributed by atoms with van der Waals surface area (Å²) >= 11 is 0. The number of carbonyl (C=O) groups excluding carboxylic acids is 1. The predicted octanol–water partition coefficient (Wildman–Crippen LogP) is 3.65. The smallest absolute Gasteiger partial charge is 0.184 e. The van der Waals surface area contributed by atoms with Crippen molar-refractivity contribution in [3.8, 4) is 0 Å². The number of ketones is 1. The van der Waals surface area contributed by atoms with E-state index in [4.69, 9.17) is 4.74 Å². The van der Waals surface area contributed by atoms with Crippen molar-refractivity contribution < 1.29 is 9.53 Å². The molecule has 0 aromatic heterocycles. The van der Waals surface area contributed by atoms with E-state index in [1.165, 1.54) is 19.3 Å². The molecular weight excluding hydrogens is 200 g/mol. The fourth-order valence-electron chi connectivity index (χ4n) is 1.82. The average Bonchev–Trinajstić information content (AvgIpc) is 2.12. The molecule has 1 aliphatic rings. The molecule has 92 valence electrons. The summed E-state index contributed by atoms with van der Waals surface area (Å²) in [5.74, 6) is 0.178. The van der Waals surface area contributed by atoms with E-state index in [0.29, 0.717) is 0 Å². The highest BCUT2D eigenvalue weighted by Crippen LogP contribution is 2.18. The highest BCUT2D eigenvalue weighted by molar-refractivity contribution is 5.96. The minimum atomic E-state index is -0.224. The first-order chi connectivity index (χ1) is 7.49. The van der Waals surface area contributed by atoms with Crippen LogP contribution < -0.4 is 0 Å². The highest BCUT2D eigenvalue weighted by Gasteiger charge is 2.16. The first-order valence-corrected chi connectivity index (χ1v) is 6.35. The fourth-order valence-corrected chi connectivity index (χ4v) is 1.82. The third-order valence-corrected chi connectivity index (χ3v) is 2.79. The Labute approximate surface area is 99.1 Å². The Morgan fingerprint density at radius 1 is 1.25 bits per heavy atom. The molecule has 0 aromatic carbocycles. The zero-order valence-electron chi connectivity index (χ0n) is 10.8. The second kappa shape index (κ2) is 6.19. The van der Waals surface area contributed by atoms with Gasteiger partial charge in [0.05, 0.1) is 5.60 Å². The molecule has 0 bridgehead atoms. The van der Waals surface area contributed by atoms with E-state index in [-0.39, 0.29) is 18.0 Å². The molecule has 0 saturated heterocycles. The molecule has 0 atom stereocenters. The third kappa shape index (κ3) is 5.45. The summed E-state index contributed by atoms with van der Waals surface area (Å²) in [6.07, 6.45) is 9.03. The van der Waals surface area contributed by atoms with Crippen molar-refractivity contribution in [3.05, 3.63) is 11.6 Å². The molecule has 1 aliphatic carbocycles. The molecular formula is C14H24O2. The number of hydrogen-bond acceptors (Lipinski definition) is 2. The van der Waals surface area contributed by atoms with Gasteiger partial charge in [-0.1, -0.05) is 18.9 Å². The summed E-state index contributed by atoms with van der Waals surface area (Å²) < 4.78 is 5.53. The fraction of sp³-hybridized carbons (Fsp3) is 0.786. The van der Waals surface area contributed by atoms with Gasteiger partial charge in [-0.3, -0.25) is 4.79 Å². The maximum Gasteiger partial charge on any atom is 0.184 e. The van der Waals surface area contributed by atoms with Gasteiger partial charge in [0.15, 0.2) is 5.78 Å². The standard InChI is InChI=1S/C14H24O2/c1-14(2,3)16-11-13(15)12-9-7-5-4-6-8-10-12/h9H,4-8,10-11H2,1-3H3. The minimum absolute atomic E-state index is 0.178. The molecule has 0 radical (unpaired) electrons. The monoisotopic (exact) mass is 224 g/mol. The summed E-state index contributed by atoms with van der Waals surface area (Å²) in [7, 11) is 0. The van der Waals surface area contributed by atoms with Crippen molar-refractivity contribution in [2.75, 3.05) is 6.61 Å². The lowest BCUT2D eigenvalue weighted by Crippen LogP contribution is -2.24. The minimum Gasteiger partial charge on any atom is -0.368 e. The number of Topliss-reactive ketones (excluding diaryl/α,β-unsaturated/α-hetero) is 1. The van der Waals surface area contributed by atoms with Gasteiger partial charge < -0.3 is 4.74 Å². The maximum atomic E-state index is 11.9. The summed E-state index contributed by atoms with van der Waals surface area (Å²) in [4.78, 5) is 11.9. The normalized spacial score (nSPS) is 18.6. The Kier molecular flexibility index (Phi) is 5.20. The predicted molar refractivity (Wildman–Crippen MR) is 66.5 cm³/mol. The summed E-state index contributed by atoms with van der Waals surface area (Å²) in [6, 6.07) is 0. The molecule has 0 heterocycles. The molecule has 16 heavy (non-hydrogen) atoms. The first kappa shape index (κ1) is 13.4.